The van der Waals surface area contributed by atoms with E-state index >= 15 is 0 Å². The predicted octanol–water partition coefficient (Wildman–Crippen LogP) is 1.78. The van der Waals surface area contributed by atoms with E-state index in [1.54, 1.807) is 6.20 Å². The molecule has 0 aromatic carbocycles. The second-order valence-electron chi connectivity index (χ2n) is 3.38. The van der Waals surface area contributed by atoms with Crippen LogP contribution in [0.15, 0.2) is 17.6 Å². The molecule has 1 aromatic heterocycles. The first-order chi connectivity index (χ1) is 6.77. The summed E-state index contributed by atoms with van der Waals surface area (Å²) in [6.07, 6.45) is 7.33. The van der Waals surface area contributed by atoms with Crippen LogP contribution in [0.1, 0.15) is 25.3 Å². The van der Waals surface area contributed by atoms with Gasteiger partial charge in [0.25, 0.3) is 0 Å². The Morgan fingerprint density at radius 2 is 2.50 bits per heavy atom. The van der Waals surface area contributed by atoms with Crippen molar-refractivity contribution in [3.63, 3.8) is 0 Å². The van der Waals surface area contributed by atoms with E-state index in [-0.39, 0.29) is 5.75 Å². The Hall–Kier alpha value is -0.970. The van der Waals surface area contributed by atoms with E-state index < -0.39 is 5.97 Å². The molecule has 76 valence electrons. The highest BCUT2D eigenvalue weighted by atomic mass is 32.2. The van der Waals surface area contributed by atoms with Crippen molar-refractivity contribution in [1.29, 1.82) is 0 Å². The Morgan fingerprint density at radius 3 is 3.07 bits per heavy atom. The van der Waals surface area contributed by atoms with Crippen LogP contribution in [-0.4, -0.2) is 26.4 Å². The van der Waals surface area contributed by atoms with Crippen LogP contribution in [0, 0.1) is 0 Å². The van der Waals surface area contributed by atoms with Gasteiger partial charge in [0.15, 0.2) is 5.16 Å². The van der Waals surface area contributed by atoms with Gasteiger partial charge in [0, 0.05) is 18.4 Å². The van der Waals surface area contributed by atoms with Gasteiger partial charge in [-0.2, -0.15) is 0 Å². The second kappa shape index (κ2) is 4.04. The lowest BCUT2D eigenvalue weighted by Crippen LogP contribution is -2.17. The third kappa shape index (κ3) is 1.92. The first-order valence-electron chi connectivity index (χ1n) is 4.65. The van der Waals surface area contributed by atoms with Gasteiger partial charge in [0.05, 0.1) is 5.75 Å². The number of hydrogen-bond donors (Lipinski definition) is 1. The number of rotatable bonds is 4. The van der Waals surface area contributed by atoms with Crippen LogP contribution in [0.25, 0.3) is 0 Å². The summed E-state index contributed by atoms with van der Waals surface area (Å²) in [7, 11) is 0. The smallest absolute Gasteiger partial charge is 0.313 e. The molecule has 0 bridgehead atoms. The number of aliphatic carboxylic acids is 1. The minimum Gasteiger partial charge on any atom is -0.481 e. The fraction of sp³-hybridized carbons (Fsp3) is 0.556. The van der Waals surface area contributed by atoms with Gasteiger partial charge < -0.3 is 9.67 Å². The van der Waals surface area contributed by atoms with E-state index in [1.807, 2.05) is 6.20 Å². The van der Waals surface area contributed by atoms with Crippen molar-refractivity contribution in [2.24, 2.45) is 0 Å². The van der Waals surface area contributed by atoms with Crippen LogP contribution < -0.4 is 0 Å². The highest BCUT2D eigenvalue weighted by molar-refractivity contribution is 7.99. The van der Waals surface area contributed by atoms with Crippen LogP contribution in [0.2, 0.25) is 0 Å². The van der Waals surface area contributed by atoms with Crippen molar-refractivity contribution in [2.75, 3.05) is 5.75 Å². The molecule has 1 N–H and O–H groups in total. The summed E-state index contributed by atoms with van der Waals surface area (Å²) in [5, 5.41) is 9.39. The van der Waals surface area contributed by atoms with Gasteiger partial charge in [0.1, 0.15) is 0 Å². The van der Waals surface area contributed by atoms with Crippen LogP contribution in [0.3, 0.4) is 0 Å². The molecule has 1 aliphatic rings. The fourth-order valence-electron chi connectivity index (χ4n) is 1.48. The SMILES string of the molecule is O=C(O)CSc1nccn1C1CCC1. The molecule has 2 rings (SSSR count). The van der Waals surface area contributed by atoms with E-state index in [0.717, 1.165) is 5.16 Å². The molecule has 0 atom stereocenters. The van der Waals surface area contributed by atoms with Crippen molar-refractivity contribution in [2.45, 2.75) is 30.5 Å². The standard InChI is InChI=1S/C9H12N2O2S/c12-8(13)6-14-9-10-4-5-11(9)7-2-1-3-7/h4-5,7H,1-3,6H2,(H,12,13). The van der Waals surface area contributed by atoms with Crippen molar-refractivity contribution >= 4 is 17.7 Å². The summed E-state index contributed by atoms with van der Waals surface area (Å²) in [5.74, 6) is -0.706. The van der Waals surface area contributed by atoms with E-state index in [9.17, 15) is 4.79 Å². The molecule has 0 spiro atoms. The Balaban J connectivity index is 2.01. The molecule has 0 unspecified atom stereocenters. The van der Waals surface area contributed by atoms with E-state index in [1.165, 1.54) is 31.0 Å². The zero-order valence-electron chi connectivity index (χ0n) is 7.72. The molecule has 0 radical (unpaired) electrons. The zero-order chi connectivity index (χ0) is 9.97. The minimum absolute atomic E-state index is 0.0870. The summed E-state index contributed by atoms with van der Waals surface area (Å²) in [4.78, 5) is 14.6. The largest absolute Gasteiger partial charge is 0.481 e. The zero-order valence-corrected chi connectivity index (χ0v) is 8.54. The van der Waals surface area contributed by atoms with E-state index in [4.69, 9.17) is 5.11 Å². The summed E-state index contributed by atoms with van der Waals surface area (Å²) in [6.45, 7) is 0. The molecule has 5 heteroatoms. The summed E-state index contributed by atoms with van der Waals surface area (Å²) in [6, 6.07) is 0.550. The van der Waals surface area contributed by atoms with Crippen LogP contribution in [0.4, 0.5) is 0 Å². The first kappa shape index (κ1) is 9.58. The monoisotopic (exact) mass is 212 g/mol. The molecule has 0 saturated heterocycles. The molecule has 0 aliphatic heterocycles. The van der Waals surface area contributed by atoms with Crippen LogP contribution >= 0.6 is 11.8 Å². The van der Waals surface area contributed by atoms with Crippen molar-refractivity contribution < 1.29 is 9.90 Å². The molecule has 1 aromatic rings. The highest BCUT2D eigenvalue weighted by Gasteiger charge is 2.21. The Kier molecular flexibility index (Phi) is 2.77. The molecule has 1 saturated carbocycles. The van der Waals surface area contributed by atoms with Crippen LogP contribution in [-0.2, 0) is 4.79 Å². The lowest BCUT2D eigenvalue weighted by molar-refractivity contribution is -0.133. The lowest BCUT2D eigenvalue weighted by atomic mass is 9.93. The predicted molar refractivity (Wildman–Crippen MR) is 53.5 cm³/mol. The first-order valence-corrected chi connectivity index (χ1v) is 5.63. The molecule has 4 nitrogen and oxygen atoms in total. The molecule has 1 fully saturated rings. The number of imidazole rings is 1. The molecule has 1 aliphatic carbocycles. The van der Waals surface area contributed by atoms with Gasteiger partial charge in [-0.05, 0) is 19.3 Å². The second-order valence-corrected chi connectivity index (χ2v) is 4.33. The van der Waals surface area contributed by atoms with E-state index in [2.05, 4.69) is 9.55 Å². The molecular weight excluding hydrogens is 200 g/mol. The Bertz CT molecular complexity index is 333. The maximum absolute atomic E-state index is 10.4. The van der Waals surface area contributed by atoms with Crippen molar-refractivity contribution in [3.05, 3.63) is 12.4 Å². The van der Waals surface area contributed by atoms with E-state index in [0.29, 0.717) is 6.04 Å². The summed E-state index contributed by atoms with van der Waals surface area (Å²) >= 11 is 1.29. The summed E-state index contributed by atoms with van der Waals surface area (Å²) in [5.41, 5.74) is 0. The number of hydrogen-bond acceptors (Lipinski definition) is 3. The van der Waals surface area contributed by atoms with Gasteiger partial charge in [0.2, 0.25) is 0 Å². The van der Waals surface area contributed by atoms with Gasteiger partial charge in [-0.1, -0.05) is 11.8 Å². The Labute approximate surface area is 86.3 Å². The molecule has 1 heterocycles. The normalized spacial score (nSPS) is 16.6. The number of carboxylic acids is 1. The lowest BCUT2D eigenvalue weighted by Gasteiger charge is -2.27. The number of aromatic nitrogens is 2. The average Bonchev–Trinajstić information content (AvgIpc) is 2.46. The quantitative estimate of drug-likeness (QED) is 0.773. The third-order valence-electron chi connectivity index (χ3n) is 2.43. The number of thioether (sulfide) groups is 1. The minimum atomic E-state index is -0.793. The maximum Gasteiger partial charge on any atom is 0.313 e. The van der Waals surface area contributed by atoms with Gasteiger partial charge >= 0.3 is 5.97 Å². The van der Waals surface area contributed by atoms with Gasteiger partial charge in [-0.3, -0.25) is 4.79 Å². The molecular formula is C9H12N2O2S. The molecule has 0 amide bonds. The van der Waals surface area contributed by atoms with Gasteiger partial charge in [-0.15, -0.1) is 0 Å². The van der Waals surface area contributed by atoms with Crippen molar-refractivity contribution in [1.82, 2.24) is 9.55 Å². The number of carbonyl (C=O) groups is 1. The number of nitrogens with zero attached hydrogens (tertiary/aromatic N) is 2. The molecule has 14 heavy (non-hydrogen) atoms. The van der Waals surface area contributed by atoms with Crippen LogP contribution in [0.5, 0.6) is 0 Å². The fourth-order valence-corrected chi connectivity index (χ4v) is 2.23. The topological polar surface area (TPSA) is 55.1 Å². The number of carboxylic acid groups (broad SMARTS) is 1. The van der Waals surface area contributed by atoms with Crippen molar-refractivity contribution in [3.8, 4) is 0 Å². The third-order valence-corrected chi connectivity index (χ3v) is 3.39. The average molecular weight is 212 g/mol. The maximum atomic E-state index is 10.4. The summed E-state index contributed by atoms with van der Waals surface area (Å²) < 4.78 is 2.09. The van der Waals surface area contributed by atoms with Gasteiger partial charge in [-0.25, -0.2) is 4.98 Å². The Morgan fingerprint density at radius 1 is 1.71 bits per heavy atom. The highest BCUT2D eigenvalue weighted by Crippen LogP contribution is 2.34.